The van der Waals surface area contributed by atoms with Gasteiger partial charge in [-0.1, -0.05) is 24.9 Å². The minimum atomic E-state index is -4.36. The van der Waals surface area contributed by atoms with Gasteiger partial charge < -0.3 is 4.74 Å². The van der Waals surface area contributed by atoms with Crippen LogP contribution < -0.4 is 4.74 Å². The third-order valence-corrected chi connectivity index (χ3v) is 6.26. The van der Waals surface area contributed by atoms with Gasteiger partial charge in [0, 0.05) is 32.7 Å². The van der Waals surface area contributed by atoms with Crippen LogP contribution in [0.1, 0.15) is 35.4 Å². The van der Waals surface area contributed by atoms with Gasteiger partial charge in [0.15, 0.2) is 17.4 Å². The molecule has 0 bridgehead atoms. The number of likely N-dealkylation sites (tertiary alicyclic amines) is 1. The van der Waals surface area contributed by atoms with Gasteiger partial charge in [0.25, 0.3) is 0 Å². The number of piperidine rings is 1. The average molecular weight is 458 g/mol. The highest BCUT2D eigenvalue weighted by Crippen LogP contribution is 2.34. The monoisotopic (exact) mass is 458 g/mol. The van der Waals surface area contributed by atoms with Gasteiger partial charge in [-0.15, -0.1) is 0 Å². The van der Waals surface area contributed by atoms with E-state index in [0.29, 0.717) is 25.2 Å². The van der Waals surface area contributed by atoms with Crippen molar-refractivity contribution < 1.29 is 26.7 Å². The summed E-state index contributed by atoms with van der Waals surface area (Å²) in [6.07, 6.45) is -3.13. The number of ether oxygens (including phenoxy) is 1. The number of hydrogen-bond acceptors (Lipinski definition) is 4. The van der Waals surface area contributed by atoms with E-state index in [9.17, 15) is 22.0 Å². The van der Waals surface area contributed by atoms with Crippen LogP contribution in [-0.2, 0) is 12.7 Å². The van der Waals surface area contributed by atoms with E-state index in [4.69, 9.17) is 4.74 Å². The zero-order valence-electron chi connectivity index (χ0n) is 16.7. The Labute approximate surface area is 183 Å². The molecule has 0 spiro atoms. The van der Waals surface area contributed by atoms with Crippen molar-refractivity contribution in [2.45, 2.75) is 37.6 Å². The minimum absolute atomic E-state index is 0.101. The van der Waals surface area contributed by atoms with Crippen LogP contribution >= 0.6 is 12.8 Å². The van der Waals surface area contributed by atoms with Crippen molar-refractivity contribution in [2.24, 2.45) is 0 Å². The smallest absolute Gasteiger partial charge is 0.416 e. The highest BCUT2D eigenvalue weighted by molar-refractivity contribution is 7.77. The first-order valence-corrected chi connectivity index (χ1v) is 10.6. The van der Waals surface area contributed by atoms with Gasteiger partial charge in [-0.2, -0.15) is 13.2 Å². The number of hydrogen-bond donors (Lipinski definition) is 1. The summed E-state index contributed by atoms with van der Waals surface area (Å²) in [6.45, 7) is 2.88. The Hall–Kier alpha value is -1.84. The van der Waals surface area contributed by atoms with Crippen LogP contribution in [0.4, 0.5) is 22.0 Å². The lowest BCUT2D eigenvalue weighted by molar-refractivity contribution is -0.137. The molecule has 2 saturated heterocycles. The molecule has 31 heavy (non-hydrogen) atoms. The molecule has 4 rings (SSSR count). The molecule has 168 valence electrons. The topological polar surface area (TPSA) is 15.7 Å². The fourth-order valence-corrected chi connectivity index (χ4v) is 4.31. The van der Waals surface area contributed by atoms with E-state index in [0.717, 1.165) is 43.6 Å². The van der Waals surface area contributed by atoms with Crippen molar-refractivity contribution in [1.29, 1.82) is 0 Å². The fourth-order valence-electron chi connectivity index (χ4n) is 4.08. The molecule has 3 nitrogen and oxygen atoms in total. The number of halogens is 5. The number of rotatable bonds is 5. The largest absolute Gasteiger partial charge is 0.482 e. The van der Waals surface area contributed by atoms with Gasteiger partial charge in [-0.25, -0.2) is 8.78 Å². The molecule has 0 radical (unpaired) electrons. The van der Waals surface area contributed by atoms with Crippen LogP contribution in [0, 0.1) is 11.6 Å². The van der Waals surface area contributed by atoms with Crippen LogP contribution in [0.2, 0.25) is 0 Å². The van der Waals surface area contributed by atoms with Crippen molar-refractivity contribution >= 4 is 12.8 Å². The maximum Gasteiger partial charge on any atom is 0.416 e. The highest BCUT2D eigenvalue weighted by atomic mass is 32.1. The second-order valence-electron chi connectivity index (χ2n) is 8.17. The number of thiol groups is 1. The van der Waals surface area contributed by atoms with Crippen LogP contribution in [0.15, 0.2) is 36.4 Å². The lowest BCUT2D eigenvalue weighted by Crippen LogP contribution is -2.53. The first-order chi connectivity index (χ1) is 14.7. The summed E-state index contributed by atoms with van der Waals surface area (Å²) in [5.41, 5.74) is 0.688. The quantitative estimate of drug-likeness (QED) is 0.486. The van der Waals surface area contributed by atoms with Crippen LogP contribution in [0.5, 0.6) is 5.75 Å². The summed E-state index contributed by atoms with van der Waals surface area (Å²) < 4.78 is 74.4. The molecule has 2 aromatic rings. The first kappa shape index (κ1) is 22.4. The number of benzene rings is 2. The molecule has 0 N–H and O–H groups in total. The lowest BCUT2D eigenvalue weighted by atomic mass is 9.90. The molecule has 2 heterocycles. The molecule has 2 aromatic carbocycles. The number of nitrogens with zero attached hydrogens (tertiary/aromatic N) is 2. The zero-order chi connectivity index (χ0) is 22.2. The molecule has 0 amide bonds. The van der Waals surface area contributed by atoms with Gasteiger partial charge in [0.1, 0.15) is 6.10 Å². The predicted octanol–water partition coefficient (Wildman–Crippen LogP) is 5.27. The average Bonchev–Trinajstić information content (AvgIpc) is 2.68. The lowest BCUT2D eigenvalue weighted by Gasteiger charge is -2.39. The summed E-state index contributed by atoms with van der Waals surface area (Å²) in [5.74, 6) is -1.67. The molecular formula is C22H23F5N2OS. The van der Waals surface area contributed by atoms with Gasteiger partial charge >= 0.3 is 6.18 Å². The molecule has 0 aliphatic carbocycles. The third kappa shape index (κ3) is 5.32. The second kappa shape index (κ2) is 8.96. The second-order valence-corrected chi connectivity index (χ2v) is 8.74. The van der Waals surface area contributed by atoms with E-state index < -0.39 is 23.4 Å². The van der Waals surface area contributed by atoms with Gasteiger partial charge in [-0.3, -0.25) is 9.21 Å². The Bertz CT molecular complexity index is 884. The highest BCUT2D eigenvalue weighted by Gasteiger charge is 2.32. The van der Waals surface area contributed by atoms with E-state index in [2.05, 4.69) is 12.8 Å². The van der Waals surface area contributed by atoms with E-state index in [-0.39, 0.29) is 17.8 Å². The predicted molar refractivity (Wildman–Crippen MR) is 110 cm³/mol. The molecule has 9 heteroatoms. The zero-order valence-corrected chi connectivity index (χ0v) is 17.6. The Balaban J connectivity index is 1.31. The molecular weight excluding hydrogens is 435 g/mol. The van der Waals surface area contributed by atoms with E-state index in [1.807, 2.05) is 9.21 Å². The number of alkyl halides is 3. The van der Waals surface area contributed by atoms with Gasteiger partial charge in [0.05, 0.1) is 5.56 Å². The molecule has 0 unspecified atom stereocenters. The van der Waals surface area contributed by atoms with Gasteiger partial charge in [-0.05, 0) is 54.2 Å². The maximum absolute atomic E-state index is 14.5. The Kier molecular flexibility index (Phi) is 6.46. The molecule has 2 aliphatic rings. The summed E-state index contributed by atoms with van der Waals surface area (Å²) in [6, 6.07) is 7.69. The molecule has 2 aliphatic heterocycles. The molecule has 0 aromatic heterocycles. The van der Waals surface area contributed by atoms with Crippen molar-refractivity contribution in [3.63, 3.8) is 0 Å². The van der Waals surface area contributed by atoms with Gasteiger partial charge in [0.2, 0.25) is 0 Å². The molecule has 2 fully saturated rings. The normalized spacial score (nSPS) is 19.4. The van der Waals surface area contributed by atoms with Crippen LogP contribution in [-0.4, -0.2) is 41.5 Å². The summed E-state index contributed by atoms with van der Waals surface area (Å²) in [4.78, 5) is 1.95. The fraction of sp³-hybridized carbons (Fsp3) is 0.455. The van der Waals surface area contributed by atoms with Crippen LogP contribution in [0.25, 0.3) is 0 Å². The Morgan fingerprint density at radius 2 is 1.55 bits per heavy atom. The minimum Gasteiger partial charge on any atom is -0.482 e. The van der Waals surface area contributed by atoms with Crippen molar-refractivity contribution in [3.05, 3.63) is 64.7 Å². The summed E-state index contributed by atoms with van der Waals surface area (Å²) in [5, 5.41) is 0. The van der Waals surface area contributed by atoms with Crippen molar-refractivity contribution in [1.82, 2.24) is 9.21 Å². The van der Waals surface area contributed by atoms with E-state index >= 15 is 0 Å². The van der Waals surface area contributed by atoms with Crippen molar-refractivity contribution in [3.8, 4) is 5.75 Å². The third-order valence-electron chi connectivity index (χ3n) is 5.86. The molecule has 0 saturated carbocycles. The first-order valence-electron chi connectivity index (χ1n) is 10.2. The summed E-state index contributed by atoms with van der Waals surface area (Å²) in [7, 11) is 0. The molecule has 0 atom stereocenters. The SMILES string of the molecule is Fc1cc(C2CCN(S)CC2)cc(F)c1OC1CN(Cc2ccc(C(F)(F)F)cc2)C1. The standard InChI is InChI=1S/C22H23F5N2OS/c23-19-9-16(15-5-7-29(31)8-6-15)10-20(24)21(19)30-18-12-28(13-18)11-14-1-3-17(4-2-14)22(25,26)27/h1-4,9-10,15,18,31H,5-8,11-13H2. The summed E-state index contributed by atoms with van der Waals surface area (Å²) >= 11 is 4.30. The Morgan fingerprint density at radius 3 is 2.10 bits per heavy atom. The van der Waals surface area contributed by atoms with E-state index in [1.165, 1.54) is 24.3 Å². The van der Waals surface area contributed by atoms with Crippen molar-refractivity contribution in [2.75, 3.05) is 26.2 Å². The van der Waals surface area contributed by atoms with E-state index in [1.54, 1.807) is 0 Å². The Morgan fingerprint density at radius 1 is 0.968 bits per heavy atom. The van der Waals surface area contributed by atoms with Crippen LogP contribution in [0.3, 0.4) is 0 Å². The maximum atomic E-state index is 14.5.